The lowest BCUT2D eigenvalue weighted by atomic mass is 10.1. The van der Waals surface area contributed by atoms with Crippen LogP contribution in [0.4, 0.5) is 0 Å². The Morgan fingerprint density at radius 1 is 0.929 bits per heavy atom. The highest BCUT2D eigenvalue weighted by atomic mass is 16.6. The van der Waals surface area contributed by atoms with E-state index in [1.54, 1.807) is 0 Å². The highest BCUT2D eigenvalue weighted by molar-refractivity contribution is 5.73. The highest BCUT2D eigenvalue weighted by Gasteiger charge is 2.13. The van der Waals surface area contributed by atoms with Gasteiger partial charge in [-0.25, -0.2) is 0 Å². The second-order valence-corrected chi connectivity index (χ2v) is 3.17. The molecule has 14 heavy (non-hydrogen) atoms. The lowest BCUT2D eigenvalue weighted by Gasteiger charge is -2.07. The van der Waals surface area contributed by atoms with E-state index in [1.165, 1.54) is 0 Å². The number of nitrogens with two attached hydrogens (primary N) is 2. The van der Waals surface area contributed by atoms with Crippen LogP contribution in [0, 0.1) is 0 Å². The molecule has 0 amide bonds. The lowest BCUT2D eigenvalue weighted by molar-refractivity contribution is -0.139. The van der Waals surface area contributed by atoms with E-state index < -0.39 is 24.0 Å². The van der Waals surface area contributed by atoms with E-state index in [0.29, 0.717) is 25.7 Å². The number of carbonyl (C=O) groups is 2. The van der Waals surface area contributed by atoms with E-state index in [0.717, 1.165) is 0 Å². The molecule has 6 heteroatoms. The Kier molecular flexibility index (Phi) is 5.82. The van der Waals surface area contributed by atoms with Crippen LogP contribution in [0.15, 0.2) is 0 Å². The molecule has 0 radical (unpaired) electrons. The highest BCUT2D eigenvalue weighted by Crippen LogP contribution is 2.04. The van der Waals surface area contributed by atoms with Crippen molar-refractivity contribution in [3.8, 4) is 0 Å². The number of hydrogen-bond acceptors (Lipinski definition) is 4. The Morgan fingerprint density at radius 3 is 1.43 bits per heavy atom. The monoisotopic (exact) mass is 208 g/mol. The summed E-state index contributed by atoms with van der Waals surface area (Å²) in [5.74, 6) is -2.07. The third-order valence-corrected chi connectivity index (χ3v) is 1.91. The first-order chi connectivity index (χ1) is 6.45. The van der Waals surface area contributed by atoms with Crippen LogP contribution in [-0.4, -0.2) is 34.2 Å². The Bertz CT molecular complexity index is 186. The van der Waals surface area contributed by atoms with Gasteiger partial charge in [0.05, 0.1) is 0 Å². The summed E-state index contributed by atoms with van der Waals surface area (Å²) in [6.45, 7) is 0. The summed E-state index contributed by atoms with van der Waals surface area (Å²) in [6.07, 6.45) is 1.85. The number of unbranched alkanes of at least 4 members (excludes halogenated alkanes) is 1. The molecular weight excluding hydrogens is 192 g/mol. The smallest absolute Gasteiger partial charge is 0.320 e. The second kappa shape index (κ2) is 6.33. The van der Waals surface area contributed by atoms with Gasteiger partial charge in [-0.2, -0.15) is 0 Å². The van der Waals surface area contributed by atoms with Gasteiger partial charge in [0.25, 0.3) is 0 Å². The van der Waals surface area contributed by atoms with Crippen LogP contribution in [-0.2, 0) is 9.59 Å². The normalized spacial score (nSPS) is 14.7. The predicted octanol–water partition coefficient (Wildman–Crippen LogP) is -0.629. The standard InChI is InChI=1S/C8H16N2O4/c9-5(7(11)12)3-1-2-4-6(10)8(13)14/h5-6H,1-4,9-10H2,(H,11,12)(H,13,14)/t5-,6-/m0/s1/i7+2,8+2. The maximum absolute atomic E-state index is 10.3. The number of hydrogen-bond donors (Lipinski definition) is 4. The van der Waals surface area contributed by atoms with Crippen molar-refractivity contribution in [1.29, 1.82) is 0 Å². The first-order valence-electron chi connectivity index (χ1n) is 4.42. The fraction of sp³-hybridized carbons (Fsp3) is 0.750. The van der Waals surface area contributed by atoms with Crippen molar-refractivity contribution in [2.24, 2.45) is 11.5 Å². The summed E-state index contributed by atoms with van der Waals surface area (Å²) < 4.78 is 0. The molecule has 0 unspecified atom stereocenters. The first-order valence-corrected chi connectivity index (χ1v) is 4.42. The topological polar surface area (TPSA) is 127 Å². The lowest BCUT2D eigenvalue weighted by Crippen LogP contribution is -2.31. The quantitative estimate of drug-likeness (QED) is 0.412. The van der Waals surface area contributed by atoms with Gasteiger partial charge in [0.1, 0.15) is 12.1 Å². The zero-order chi connectivity index (χ0) is 11.1. The van der Waals surface area contributed by atoms with Crippen molar-refractivity contribution in [1.82, 2.24) is 0 Å². The maximum atomic E-state index is 10.3. The van der Waals surface area contributed by atoms with Gasteiger partial charge in [0.15, 0.2) is 0 Å². The van der Waals surface area contributed by atoms with Crippen LogP contribution in [0.2, 0.25) is 0 Å². The van der Waals surface area contributed by atoms with Crippen molar-refractivity contribution in [2.75, 3.05) is 0 Å². The molecule has 6 nitrogen and oxygen atoms in total. The van der Waals surface area contributed by atoms with Crippen molar-refractivity contribution >= 4 is 11.9 Å². The fourth-order valence-electron chi connectivity index (χ4n) is 0.975. The minimum absolute atomic E-state index is 0.349. The molecule has 0 bridgehead atoms. The molecule has 2 atom stereocenters. The molecule has 0 aliphatic heterocycles. The van der Waals surface area contributed by atoms with Crippen molar-refractivity contribution < 1.29 is 19.8 Å². The van der Waals surface area contributed by atoms with Crippen LogP contribution >= 0.6 is 0 Å². The van der Waals surface area contributed by atoms with E-state index in [4.69, 9.17) is 21.7 Å². The van der Waals surface area contributed by atoms with Crippen molar-refractivity contribution in [3.05, 3.63) is 0 Å². The van der Waals surface area contributed by atoms with Gasteiger partial charge in [-0.1, -0.05) is 12.8 Å². The summed E-state index contributed by atoms with van der Waals surface area (Å²) >= 11 is 0. The van der Waals surface area contributed by atoms with Gasteiger partial charge in [0.2, 0.25) is 0 Å². The summed E-state index contributed by atoms with van der Waals surface area (Å²) in [5.41, 5.74) is 10.5. The number of carboxylic acids is 2. The maximum Gasteiger partial charge on any atom is 0.320 e. The Morgan fingerprint density at radius 2 is 1.21 bits per heavy atom. The van der Waals surface area contributed by atoms with Gasteiger partial charge in [-0.15, -0.1) is 0 Å². The van der Waals surface area contributed by atoms with Crippen LogP contribution in [0.1, 0.15) is 25.7 Å². The number of aliphatic carboxylic acids is 2. The molecule has 0 aromatic carbocycles. The molecule has 0 heterocycles. The minimum Gasteiger partial charge on any atom is -0.480 e. The summed E-state index contributed by atoms with van der Waals surface area (Å²) in [5, 5.41) is 16.9. The number of carboxylic acid groups (broad SMARTS) is 2. The second-order valence-electron chi connectivity index (χ2n) is 3.17. The van der Waals surface area contributed by atoms with Gasteiger partial charge >= 0.3 is 11.9 Å². The van der Waals surface area contributed by atoms with Crippen LogP contribution in [0.5, 0.6) is 0 Å². The van der Waals surface area contributed by atoms with E-state index in [9.17, 15) is 9.59 Å². The van der Waals surface area contributed by atoms with Crippen molar-refractivity contribution in [3.63, 3.8) is 0 Å². The van der Waals surface area contributed by atoms with Gasteiger partial charge in [-0.3, -0.25) is 9.59 Å². The largest absolute Gasteiger partial charge is 0.480 e. The molecule has 82 valence electrons. The Labute approximate surface area is 81.9 Å². The Hall–Kier alpha value is -1.14. The summed E-state index contributed by atoms with van der Waals surface area (Å²) in [7, 11) is 0. The molecule has 0 fully saturated rings. The Balaban J connectivity index is 3.47. The van der Waals surface area contributed by atoms with E-state index in [2.05, 4.69) is 0 Å². The van der Waals surface area contributed by atoms with E-state index in [1.807, 2.05) is 0 Å². The third-order valence-electron chi connectivity index (χ3n) is 1.91. The molecule has 0 aromatic rings. The van der Waals surface area contributed by atoms with Gasteiger partial charge in [-0.05, 0) is 12.8 Å². The predicted molar refractivity (Wildman–Crippen MR) is 49.7 cm³/mol. The van der Waals surface area contributed by atoms with Crippen molar-refractivity contribution in [2.45, 2.75) is 37.8 Å². The number of rotatable bonds is 7. The van der Waals surface area contributed by atoms with Gasteiger partial charge in [0, 0.05) is 0 Å². The zero-order valence-corrected chi connectivity index (χ0v) is 7.85. The molecule has 0 saturated carbocycles. The molecule has 0 spiro atoms. The fourth-order valence-corrected chi connectivity index (χ4v) is 0.975. The van der Waals surface area contributed by atoms with E-state index >= 15 is 0 Å². The van der Waals surface area contributed by atoms with Gasteiger partial charge < -0.3 is 21.7 Å². The first kappa shape index (κ1) is 12.9. The third kappa shape index (κ3) is 5.50. The minimum atomic E-state index is -1.03. The molecular formula is C8H16N2O4. The SMILES string of the molecule is N[C@@H](CCCC[C@H](N)[14C](=O)O)[14C](=O)O. The van der Waals surface area contributed by atoms with Crippen LogP contribution < -0.4 is 11.5 Å². The molecule has 0 rings (SSSR count). The molecule has 0 aliphatic carbocycles. The molecule has 6 N–H and O–H groups in total. The van der Waals surface area contributed by atoms with Crippen LogP contribution in [0.25, 0.3) is 0 Å². The average molecular weight is 208 g/mol. The molecule has 0 aliphatic rings. The van der Waals surface area contributed by atoms with E-state index in [-0.39, 0.29) is 0 Å². The molecule has 0 saturated heterocycles. The van der Waals surface area contributed by atoms with Crippen LogP contribution in [0.3, 0.4) is 0 Å². The zero-order valence-electron chi connectivity index (χ0n) is 7.85. The summed E-state index contributed by atoms with van der Waals surface area (Å²) in [6, 6.07) is -1.73. The average Bonchev–Trinajstić information content (AvgIpc) is 2.11. The molecule has 0 aromatic heterocycles. The summed E-state index contributed by atoms with van der Waals surface area (Å²) in [4.78, 5) is 20.6.